The number of carboxylic acids is 1. The molecular weight excluding hydrogens is 280 g/mol. The standard InChI is InChI=1S/C17H22N2O3/c1-3-12-4-5-15-14(10-12)18-16(22-15)13-6-8-19(9-7-13)11(2)17(20)21/h4-5,10-11,13H,3,6-9H2,1-2H3,(H,20,21). The van der Waals surface area contributed by atoms with E-state index in [1.807, 2.05) is 11.0 Å². The number of fused-ring (bicyclic) bond motifs is 1. The molecule has 0 spiro atoms. The van der Waals surface area contributed by atoms with Crippen LogP contribution >= 0.6 is 0 Å². The van der Waals surface area contributed by atoms with E-state index in [1.165, 1.54) is 5.56 Å². The van der Waals surface area contributed by atoms with Crippen molar-refractivity contribution in [2.75, 3.05) is 13.1 Å². The van der Waals surface area contributed by atoms with Gasteiger partial charge < -0.3 is 9.52 Å². The maximum absolute atomic E-state index is 11.1. The van der Waals surface area contributed by atoms with Crippen LogP contribution in [0, 0.1) is 0 Å². The first-order valence-electron chi connectivity index (χ1n) is 7.94. The van der Waals surface area contributed by atoms with E-state index >= 15 is 0 Å². The molecule has 1 aromatic heterocycles. The van der Waals surface area contributed by atoms with Crippen LogP contribution in [0.5, 0.6) is 0 Å². The van der Waals surface area contributed by atoms with Crippen molar-refractivity contribution in [2.45, 2.75) is 45.1 Å². The van der Waals surface area contributed by atoms with E-state index < -0.39 is 12.0 Å². The Morgan fingerprint density at radius 2 is 2.18 bits per heavy atom. The zero-order chi connectivity index (χ0) is 15.7. The third kappa shape index (κ3) is 2.86. The number of hydrogen-bond donors (Lipinski definition) is 1. The molecule has 0 bridgehead atoms. The lowest BCUT2D eigenvalue weighted by atomic mass is 9.96. The lowest BCUT2D eigenvalue weighted by Gasteiger charge is -2.32. The van der Waals surface area contributed by atoms with Gasteiger partial charge >= 0.3 is 5.97 Å². The van der Waals surface area contributed by atoms with Gasteiger partial charge in [0, 0.05) is 5.92 Å². The van der Waals surface area contributed by atoms with Crippen molar-refractivity contribution < 1.29 is 14.3 Å². The topological polar surface area (TPSA) is 66.6 Å². The molecule has 118 valence electrons. The second-order valence-corrected chi connectivity index (χ2v) is 6.03. The molecule has 1 aliphatic heterocycles. The quantitative estimate of drug-likeness (QED) is 0.940. The fourth-order valence-electron chi connectivity index (χ4n) is 3.08. The number of carbonyl (C=O) groups is 1. The monoisotopic (exact) mass is 302 g/mol. The number of aromatic nitrogens is 1. The van der Waals surface area contributed by atoms with Crippen molar-refractivity contribution in [3.05, 3.63) is 29.7 Å². The van der Waals surface area contributed by atoms with Gasteiger partial charge in [-0.05, 0) is 57.0 Å². The molecule has 2 aromatic rings. The Hall–Kier alpha value is -1.88. The maximum Gasteiger partial charge on any atom is 0.320 e. The summed E-state index contributed by atoms with van der Waals surface area (Å²) in [5, 5.41) is 9.09. The fourth-order valence-corrected chi connectivity index (χ4v) is 3.08. The number of hydrogen-bond acceptors (Lipinski definition) is 4. The molecule has 1 N–H and O–H groups in total. The Balaban J connectivity index is 1.72. The number of carboxylic acid groups (broad SMARTS) is 1. The number of likely N-dealkylation sites (tertiary alicyclic amines) is 1. The van der Waals surface area contributed by atoms with E-state index in [1.54, 1.807) is 6.92 Å². The van der Waals surface area contributed by atoms with Crippen molar-refractivity contribution in [1.82, 2.24) is 9.88 Å². The van der Waals surface area contributed by atoms with E-state index in [-0.39, 0.29) is 5.92 Å². The summed E-state index contributed by atoms with van der Waals surface area (Å²) in [6, 6.07) is 5.74. The number of aliphatic carboxylic acids is 1. The van der Waals surface area contributed by atoms with Crippen molar-refractivity contribution in [1.29, 1.82) is 0 Å². The molecule has 0 radical (unpaired) electrons. The largest absolute Gasteiger partial charge is 0.480 e. The molecule has 0 aliphatic carbocycles. The Kier molecular flexibility index (Phi) is 4.16. The van der Waals surface area contributed by atoms with Gasteiger partial charge in [-0.3, -0.25) is 9.69 Å². The molecule has 5 heteroatoms. The van der Waals surface area contributed by atoms with Crippen molar-refractivity contribution in [3.8, 4) is 0 Å². The van der Waals surface area contributed by atoms with Gasteiger partial charge in [-0.1, -0.05) is 13.0 Å². The third-order valence-electron chi connectivity index (χ3n) is 4.66. The summed E-state index contributed by atoms with van der Waals surface area (Å²) >= 11 is 0. The van der Waals surface area contributed by atoms with Gasteiger partial charge in [0.1, 0.15) is 11.6 Å². The Morgan fingerprint density at radius 3 is 2.82 bits per heavy atom. The van der Waals surface area contributed by atoms with Crippen molar-refractivity contribution in [2.24, 2.45) is 0 Å². The molecule has 1 fully saturated rings. The maximum atomic E-state index is 11.1. The summed E-state index contributed by atoms with van der Waals surface area (Å²) in [5.41, 5.74) is 3.03. The minimum atomic E-state index is -0.757. The molecule has 1 aliphatic rings. The van der Waals surface area contributed by atoms with Crippen LogP contribution in [0.2, 0.25) is 0 Å². The molecule has 5 nitrogen and oxygen atoms in total. The van der Waals surface area contributed by atoms with Crippen LogP contribution in [0.4, 0.5) is 0 Å². The molecule has 0 amide bonds. The van der Waals surface area contributed by atoms with Gasteiger partial charge in [0.05, 0.1) is 0 Å². The zero-order valence-corrected chi connectivity index (χ0v) is 13.1. The Labute approximate surface area is 129 Å². The van der Waals surface area contributed by atoms with Crippen LogP contribution in [0.1, 0.15) is 44.1 Å². The number of piperidine rings is 1. The van der Waals surface area contributed by atoms with Crippen molar-refractivity contribution in [3.63, 3.8) is 0 Å². The molecule has 0 saturated carbocycles. The Bertz CT molecular complexity index is 672. The average Bonchev–Trinajstić information content (AvgIpc) is 2.97. The molecule has 1 saturated heterocycles. The van der Waals surface area contributed by atoms with E-state index in [4.69, 9.17) is 9.52 Å². The van der Waals surface area contributed by atoms with Crippen LogP contribution in [0.15, 0.2) is 22.6 Å². The zero-order valence-electron chi connectivity index (χ0n) is 13.1. The summed E-state index contributed by atoms with van der Waals surface area (Å²) < 4.78 is 5.90. The second kappa shape index (κ2) is 6.08. The lowest BCUT2D eigenvalue weighted by molar-refractivity contribution is -0.143. The SMILES string of the molecule is CCc1ccc2oc(C3CCN(C(C)C(=O)O)CC3)nc2c1. The highest BCUT2D eigenvalue weighted by atomic mass is 16.4. The molecule has 22 heavy (non-hydrogen) atoms. The highest BCUT2D eigenvalue weighted by molar-refractivity contribution is 5.73. The normalized spacial score (nSPS) is 18.6. The van der Waals surface area contributed by atoms with Gasteiger partial charge in [0.2, 0.25) is 0 Å². The minimum absolute atomic E-state index is 0.287. The van der Waals surface area contributed by atoms with E-state index in [2.05, 4.69) is 24.0 Å². The molecule has 1 atom stereocenters. The van der Waals surface area contributed by atoms with Crippen LogP contribution in [-0.4, -0.2) is 40.1 Å². The van der Waals surface area contributed by atoms with Gasteiger partial charge in [-0.15, -0.1) is 0 Å². The lowest BCUT2D eigenvalue weighted by Crippen LogP contribution is -2.43. The first kappa shape index (κ1) is 15.0. The van der Waals surface area contributed by atoms with E-state index in [0.29, 0.717) is 0 Å². The number of aryl methyl sites for hydroxylation is 1. The molecule has 3 rings (SSSR count). The summed E-state index contributed by atoms with van der Waals surface area (Å²) in [5.74, 6) is 0.327. The Morgan fingerprint density at radius 1 is 1.45 bits per heavy atom. The highest BCUT2D eigenvalue weighted by Crippen LogP contribution is 2.30. The smallest absolute Gasteiger partial charge is 0.320 e. The molecule has 1 aromatic carbocycles. The van der Waals surface area contributed by atoms with Crippen LogP contribution in [0.25, 0.3) is 11.1 Å². The first-order valence-corrected chi connectivity index (χ1v) is 7.94. The van der Waals surface area contributed by atoms with Crippen LogP contribution in [0.3, 0.4) is 0 Å². The van der Waals surface area contributed by atoms with Crippen LogP contribution in [-0.2, 0) is 11.2 Å². The minimum Gasteiger partial charge on any atom is -0.480 e. The molecular formula is C17H22N2O3. The van der Waals surface area contributed by atoms with E-state index in [0.717, 1.165) is 49.3 Å². The average molecular weight is 302 g/mol. The summed E-state index contributed by atoms with van der Waals surface area (Å²) in [6.07, 6.45) is 2.78. The summed E-state index contributed by atoms with van der Waals surface area (Å²) in [6.45, 7) is 5.42. The van der Waals surface area contributed by atoms with Gasteiger partial charge in [-0.2, -0.15) is 0 Å². The number of benzene rings is 1. The highest BCUT2D eigenvalue weighted by Gasteiger charge is 2.29. The predicted octanol–water partition coefficient (Wildman–Crippen LogP) is 3.04. The van der Waals surface area contributed by atoms with Crippen LogP contribution < -0.4 is 0 Å². The summed E-state index contributed by atoms with van der Waals surface area (Å²) in [4.78, 5) is 17.7. The number of nitrogens with zero attached hydrogens (tertiary/aromatic N) is 2. The molecule has 1 unspecified atom stereocenters. The predicted molar refractivity (Wildman–Crippen MR) is 84.0 cm³/mol. The number of rotatable bonds is 4. The van der Waals surface area contributed by atoms with Gasteiger partial charge in [-0.25, -0.2) is 4.98 Å². The molecule has 2 heterocycles. The van der Waals surface area contributed by atoms with Gasteiger partial charge in [0.25, 0.3) is 0 Å². The number of oxazole rings is 1. The fraction of sp³-hybridized carbons (Fsp3) is 0.529. The van der Waals surface area contributed by atoms with Gasteiger partial charge in [0.15, 0.2) is 11.5 Å². The first-order chi connectivity index (χ1) is 10.6. The third-order valence-corrected chi connectivity index (χ3v) is 4.66. The van der Waals surface area contributed by atoms with Crippen molar-refractivity contribution >= 4 is 17.1 Å². The summed E-state index contributed by atoms with van der Waals surface area (Å²) in [7, 11) is 0. The second-order valence-electron chi connectivity index (χ2n) is 6.03. The van der Waals surface area contributed by atoms with E-state index in [9.17, 15) is 4.79 Å².